The van der Waals surface area contributed by atoms with Gasteiger partial charge in [-0.25, -0.2) is 0 Å². The van der Waals surface area contributed by atoms with E-state index in [0.717, 1.165) is 19.3 Å². The number of unbranched alkanes of at least 4 members (excludes halogenated alkanes) is 6. The average Bonchev–Trinajstić information content (AvgIpc) is 2.21. The predicted octanol–water partition coefficient (Wildman–Crippen LogP) is 4.27. The van der Waals surface area contributed by atoms with Gasteiger partial charge in [0.15, 0.2) is 0 Å². The standard InChI is InChI=1S/C12H20Cl2O2/c1-2-3-4-5-6-7-8-9-10(11(13)15)12(14)16/h10H,2-9H2,1H3. The second-order valence-electron chi connectivity index (χ2n) is 4.07. The Morgan fingerprint density at radius 1 is 0.875 bits per heavy atom. The largest absolute Gasteiger partial charge is 0.280 e. The van der Waals surface area contributed by atoms with Crippen molar-refractivity contribution < 1.29 is 9.59 Å². The molecule has 0 aliphatic heterocycles. The van der Waals surface area contributed by atoms with E-state index in [4.69, 9.17) is 23.2 Å². The Morgan fingerprint density at radius 3 is 1.75 bits per heavy atom. The summed E-state index contributed by atoms with van der Waals surface area (Å²) in [5, 5.41) is -1.27. The maximum Gasteiger partial charge on any atom is 0.233 e. The van der Waals surface area contributed by atoms with Gasteiger partial charge in [-0.3, -0.25) is 9.59 Å². The molecule has 0 N–H and O–H groups in total. The fraction of sp³-hybridized carbons (Fsp3) is 0.833. The molecule has 0 unspecified atom stereocenters. The van der Waals surface area contributed by atoms with Crippen molar-refractivity contribution in [3.05, 3.63) is 0 Å². The zero-order valence-electron chi connectivity index (χ0n) is 9.81. The summed E-state index contributed by atoms with van der Waals surface area (Å²) in [6.45, 7) is 2.18. The third-order valence-corrected chi connectivity index (χ3v) is 3.17. The lowest BCUT2D eigenvalue weighted by Gasteiger charge is -2.06. The molecule has 0 saturated carbocycles. The van der Waals surface area contributed by atoms with Crippen molar-refractivity contribution in [2.75, 3.05) is 0 Å². The topological polar surface area (TPSA) is 34.1 Å². The molecule has 0 saturated heterocycles. The van der Waals surface area contributed by atoms with Crippen LogP contribution in [0.1, 0.15) is 58.3 Å². The van der Waals surface area contributed by atoms with Gasteiger partial charge in [0, 0.05) is 0 Å². The molecule has 0 aliphatic rings. The molecule has 0 aliphatic carbocycles. The lowest BCUT2D eigenvalue weighted by atomic mass is 10.0. The molecule has 0 spiro atoms. The highest BCUT2D eigenvalue weighted by atomic mass is 35.5. The van der Waals surface area contributed by atoms with Gasteiger partial charge in [0.1, 0.15) is 5.92 Å². The predicted molar refractivity (Wildman–Crippen MR) is 67.8 cm³/mol. The molecule has 0 rings (SSSR count). The van der Waals surface area contributed by atoms with E-state index < -0.39 is 16.4 Å². The highest BCUT2D eigenvalue weighted by Crippen LogP contribution is 2.17. The van der Waals surface area contributed by atoms with Crippen molar-refractivity contribution in [1.29, 1.82) is 0 Å². The maximum absolute atomic E-state index is 10.9. The monoisotopic (exact) mass is 266 g/mol. The first-order valence-electron chi connectivity index (χ1n) is 5.98. The minimum atomic E-state index is -0.807. The SMILES string of the molecule is CCCCCCCCCC(C(=O)Cl)C(=O)Cl. The minimum absolute atomic E-state index is 0.485. The summed E-state index contributed by atoms with van der Waals surface area (Å²) in [7, 11) is 0. The van der Waals surface area contributed by atoms with Gasteiger partial charge in [0.05, 0.1) is 0 Å². The van der Waals surface area contributed by atoms with Crippen LogP contribution in [-0.4, -0.2) is 10.5 Å². The van der Waals surface area contributed by atoms with Gasteiger partial charge in [-0.1, -0.05) is 51.9 Å². The molecule has 16 heavy (non-hydrogen) atoms. The molecular formula is C12H20Cl2O2. The summed E-state index contributed by atoms with van der Waals surface area (Å²) >= 11 is 10.6. The number of hydrogen-bond donors (Lipinski definition) is 0. The van der Waals surface area contributed by atoms with Crippen LogP contribution >= 0.6 is 23.2 Å². The molecule has 4 heteroatoms. The van der Waals surface area contributed by atoms with E-state index in [0.29, 0.717) is 6.42 Å². The van der Waals surface area contributed by atoms with Gasteiger partial charge in [-0.05, 0) is 29.6 Å². The summed E-state index contributed by atoms with van der Waals surface area (Å²) in [5.74, 6) is -0.807. The van der Waals surface area contributed by atoms with E-state index in [9.17, 15) is 9.59 Å². The summed E-state index contributed by atoms with van der Waals surface area (Å²) in [6, 6.07) is 0. The lowest BCUT2D eigenvalue weighted by Crippen LogP contribution is -2.15. The first-order chi connectivity index (χ1) is 7.59. The van der Waals surface area contributed by atoms with Gasteiger partial charge in [-0.15, -0.1) is 0 Å². The van der Waals surface area contributed by atoms with Gasteiger partial charge in [0.2, 0.25) is 10.5 Å². The molecule has 0 aromatic rings. The van der Waals surface area contributed by atoms with E-state index in [2.05, 4.69) is 6.92 Å². The molecular weight excluding hydrogens is 247 g/mol. The Morgan fingerprint density at radius 2 is 1.31 bits per heavy atom. The normalized spacial score (nSPS) is 10.8. The average molecular weight is 267 g/mol. The summed E-state index contributed by atoms with van der Waals surface area (Å²) < 4.78 is 0. The highest BCUT2D eigenvalue weighted by Gasteiger charge is 2.22. The molecule has 0 heterocycles. The molecule has 0 amide bonds. The molecule has 0 bridgehead atoms. The second kappa shape index (κ2) is 10.1. The fourth-order valence-corrected chi connectivity index (χ4v) is 2.09. The highest BCUT2D eigenvalue weighted by molar-refractivity contribution is 6.73. The van der Waals surface area contributed by atoms with Crippen LogP contribution in [0, 0.1) is 5.92 Å². The molecule has 0 aromatic heterocycles. The van der Waals surface area contributed by atoms with Crippen LogP contribution < -0.4 is 0 Å². The third-order valence-electron chi connectivity index (χ3n) is 2.64. The Kier molecular flexibility index (Phi) is 10.0. The third kappa shape index (κ3) is 8.12. The van der Waals surface area contributed by atoms with Crippen LogP contribution in [0.15, 0.2) is 0 Å². The molecule has 0 radical (unpaired) electrons. The van der Waals surface area contributed by atoms with Crippen LogP contribution in [0.5, 0.6) is 0 Å². The van der Waals surface area contributed by atoms with E-state index in [1.54, 1.807) is 0 Å². The van der Waals surface area contributed by atoms with Gasteiger partial charge in [0.25, 0.3) is 0 Å². The van der Waals surface area contributed by atoms with Crippen molar-refractivity contribution in [2.45, 2.75) is 58.3 Å². The molecule has 0 atom stereocenters. The van der Waals surface area contributed by atoms with Crippen molar-refractivity contribution >= 4 is 33.7 Å². The van der Waals surface area contributed by atoms with Crippen LogP contribution in [0.3, 0.4) is 0 Å². The first-order valence-corrected chi connectivity index (χ1v) is 6.73. The Labute approximate surface area is 108 Å². The minimum Gasteiger partial charge on any atom is -0.280 e. The Balaban J connectivity index is 3.48. The molecule has 2 nitrogen and oxygen atoms in total. The number of halogens is 2. The summed E-state index contributed by atoms with van der Waals surface area (Å²) in [4.78, 5) is 21.7. The number of carbonyl (C=O) groups is 2. The molecule has 0 aromatic carbocycles. The van der Waals surface area contributed by atoms with Crippen molar-refractivity contribution in [3.8, 4) is 0 Å². The van der Waals surface area contributed by atoms with Crippen LogP contribution in [0.25, 0.3) is 0 Å². The summed E-state index contributed by atoms with van der Waals surface area (Å²) in [6.07, 6.45) is 8.53. The number of rotatable bonds is 10. The lowest BCUT2D eigenvalue weighted by molar-refractivity contribution is -0.124. The smallest absolute Gasteiger partial charge is 0.233 e. The Hall–Kier alpha value is -0.0800. The van der Waals surface area contributed by atoms with E-state index >= 15 is 0 Å². The molecule has 94 valence electrons. The van der Waals surface area contributed by atoms with Crippen LogP contribution in [-0.2, 0) is 9.59 Å². The Bertz CT molecular complexity index is 203. The summed E-state index contributed by atoms with van der Waals surface area (Å²) in [5.41, 5.74) is 0. The van der Waals surface area contributed by atoms with Gasteiger partial charge < -0.3 is 0 Å². The van der Waals surface area contributed by atoms with Crippen molar-refractivity contribution in [1.82, 2.24) is 0 Å². The van der Waals surface area contributed by atoms with E-state index in [-0.39, 0.29) is 0 Å². The molecule has 0 fully saturated rings. The van der Waals surface area contributed by atoms with Crippen molar-refractivity contribution in [2.24, 2.45) is 5.92 Å². The second-order valence-corrected chi connectivity index (χ2v) is 4.82. The number of carbonyl (C=O) groups excluding carboxylic acids is 2. The van der Waals surface area contributed by atoms with Gasteiger partial charge >= 0.3 is 0 Å². The van der Waals surface area contributed by atoms with E-state index in [1.807, 2.05) is 0 Å². The van der Waals surface area contributed by atoms with Gasteiger partial charge in [-0.2, -0.15) is 0 Å². The zero-order valence-corrected chi connectivity index (χ0v) is 11.3. The van der Waals surface area contributed by atoms with Crippen LogP contribution in [0.2, 0.25) is 0 Å². The number of hydrogen-bond acceptors (Lipinski definition) is 2. The quantitative estimate of drug-likeness (QED) is 0.336. The van der Waals surface area contributed by atoms with E-state index in [1.165, 1.54) is 25.7 Å². The fourth-order valence-electron chi connectivity index (χ4n) is 1.62. The zero-order chi connectivity index (χ0) is 12.4. The first kappa shape index (κ1) is 15.9. The van der Waals surface area contributed by atoms with Crippen LogP contribution in [0.4, 0.5) is 0 Å². The van der Waals surface area contributed by atoms with Crippen molar-refractivity contribution in [3.63, 3.8) is 0 Å². The maximum atomic E-state index is 10.9.